The number of nitrogens with zero attached hydrogens (tertiary/aromatic N) is 2. The van der Waals surface area contributed by atoms with E-state index in [-0.39, 0.29) is 42.0 Å². The predicted molar refractivity (Wildman–Crippen MR) is 112 cm³/mol. The molecule has 0 unspecified atom stereocenters. The Morgan fingerprint density at radius 2 is 1.90 bits per heavy atom. The summed E-state index contributed by atoms with van der Waals surface area (Å²) in [5, 5.41) is 6.13. The summed E-state index contributed by atoms with van der Waals surface area (Å²) in [6, 6.07) is 7.94. The van der Waals surface area contributed by atoms with Crippen LogP contribution in [-0.4, -0.2) is 39.1 Å². The summed E-state index contributed by atoms with van der Waals surface area (Å²) in [4.78, 5) is 46.9. The second-order valence-electron chi connectivity index (χ2n) is 8.10. The normalized spacial score (nSPS) is 26.7. The van der Waals surface area contributed by atoms with Gasteiger partial charge in [0.2, 0.25) is 17.7 Å². The quantitative estimate of drug-likeness (QED) is 0.503. The van der Waals surface area contributed by atoms with Gasteiger partial charge in [-0.2, -0.15) is 0 Å². The first-order chi connectivity index (χ1) is 14.6. The Kier molecular flexibility index (Phi) is 3.73. The molecule has 6 rings (SSSR count). The van der Waals surface area contributed by atoms with Crippen molar-refractivity contribution in [1.29, 1.82) is 0 Å². The Morgan fingerprint density at radius 3 is 2.67 bits per heavy atom. The molecule has 1 aromatic carbocycles. The molecule has 3 aromatic rings. The van der Waals surface area contributed by atoms with Gasteiger partial charge in [0.05, 0.1) is 17.5 Å². The summed E-state index contributed by atoms with van der Waals surface area (Å²) in [6.45, 7) is -0.258. The summed E-state index contributed by atoms with van der Waals surface area (Å²) in [6.07, 6.45) is 6.86. The molecule has 2 aromatic heterocycles. The number of fused-ring (bicyclic) bond motifs is 6. The zero-order valence-corrected chi connectivity index (χ0v) is 16.7. The topological polar surface area (TPSA) is 95.2 Å². The fourth-order valence-corrected chi connectivity index (χ4v) is 5.89. The van der Waals surface area contributed by atoms with E-state index in [9.17, 15) is 14.4 Å². The van der Waals surface area contributed by atoms with Crippen LogP contribution in [-0.2, 0) is 14.4 Å². The van der Waals surface area contributed by atoms with Gasteiger partial charge in [-0.05, 0) is 24.3 Å². The molecule has 2 N–H and O–H groups in total. The van der Waals surface area contributed by atoms with Crippen molar-refractivity contribution in [3.05, 3.63) is 48.0 Å². The number of nitrogens with one attached hydrogen (secondary N) is 2. The number of aromatic amines is 1. The number of hydrogen-bond donors (Lipinski definition) is 2. The van der Waals surface area contributed by atoms with Gasteiger partial charge in [0, 0.05) is 28.0 Å². The third kappa shape index (κ3) is 2.50. The van der Waals surface area contributed by atoms with E-state index in [2.05, 4.69) is 15.3 Å². The fraction of sp³-hybridized carbons (Fsp3) is 0.273. The highest BCUT2D eigenvalue weighted by Gasteiger charge is 2.59. The van der Waals surface area contributed by atoms with E-state index in [0.29, 0.717) is 5.13 Å². The minimum atomic E-state index is -0.406. The van der Waals surface area contributed by atoms with Crippen LogP contribution in [0.2, 0.25) is 0 Å². The Hall–Kier alpha value is -3.26. The number of anilines is 1. The van der Waals surface area contributed by atoms with E-state index < -0.39 is 5.91 Å². The Morgan fingerprint density at radius 1 is 1.17 bits per heavy atom. The number of amides is 3. The van der Waals surface area contributed by atoms with E-state index in [1.165, 1.54) is 11.3 Å². The highest BCUT2D eigenvalue weighted by molar-refractivity contribution is 7.14. The van der Waals surface area contributed by atoms with Crippen LogP contribution in [0.15, 0.2) is 48.0 Å². The van der Waals surface area contributed by atoms with Crippen LogP contribution in [0.5, 0.6) is 0 Å². The molecule has 30 heavy (non-hydrogen) atoms. The van der Waals surface area contributed by atoms with Crippen LogP contribution < -0.4 is 5.32 Å². The minimum Gasteiger partial charge on any atom is -0.360 e. The lowest BCUT2D eigenvalue weighted by atomic mass is 9.85. The van der Waals surface area contributed by atoms with Crippen LogP contribution in [0.3, 0.4) is 0 Å². The number of thiazole rings is 1. The molecule has 2 fully saturated rings. The lowest BCUT2D eigenvalue weighted by Gasteiger charge is -2.16. The summed E-state index contributed by atoms with van der Waals surface area (Å²) >= 11 is 1.32. The van der Waals surface area contributed by atoms with Crippen molar-refractivity contribution in [1.82, 2.24) is 14.9 Å². The molecule has 3 amide bonds. The molecule has 0 spiro atoms. The molecule has 3 heterocycles. The standard InChI is InChI=1S/C22H18N4O3S/c27-17(9-26-20(28)18-11-5-6-12(7-11)19(18)21(26)29)25-22-24-16(10-30-22)14-8-23-15-4-2-1-3-13(14)15/h1-6,8,10-12,18-19,23H,7,9H2,(H,24,25,27)/t11-,12-,18+,19+/m0/s1. The van der Waals surface area contributed by atoms with E-state index in [1.54, 1.807) is 0 Å². The van der Waals surface area contributed by atoms with Gasteiger partial charge in [-0.15, -0.1) is 11.3 Å². The van der Waals surface area contributed by atoms with E-state index >= 15 is 0 Å². The van der Waals surface area contributed by atoms with Gasteiger partial charge in [0.15, 0.2) is 5.13 Å². The number of carbonyl (C=O) groups excluding carboxylic acids is 3. The monoisotopic (exact) mass is 418 g/mol. The molecule has 2 bridgehead atoms. The predicted octanol–water partition coefficient (Wildman–Crippen LogP) is 3.04. The van der Waals surface area contributed by atoms with Gasteiger partial charge in [0.1, 0.15) is 6.54 Å². The van der Waals surface area contributed by atoms with Crippen LogP contribution in [0.25, 0.3) is 22.2 Å². The first-order valence-corrected chi connectivity index (χ1v) is 10.8. The van der Waals surface area contributed by atoms with Crippen LogP contribution in [0.4, 0.5) is 5.13 Å². The zero-order valence-electron chi connectivity index (χ0n) is 15.9. The number of rotatable bonds is 4. The smallest absolute Gasteiger partial charge is 0.246 e. The maximum Gasteiger partial charge on any atom is 0.246 e. The lowest BCUT2D eigenvalue weighted by molar-refractivity contribution is -0.143. The Bertz CT molecular complexity index is 1210. The first-order valence-electron chi connectivity index (χ1n) is 9.95. The van der Waals surface area contributed by atoms with Crippen molar-refractivity contribution in [2.75, 3.05) is 11.9 Å². The van der Waals surface area contributed by atoms with Gasteiger partial charge in [-0.1, -0.05) is 30.4 Å². The highest BCUT2D eigenvalue weighted by atomic mass is 32.1. The highest BCUT2D eigenvalue weighted by Crippen LogP contribution is 2.52. The van der Waals surface area contributed by atoms with Crippen molar-refractivity contribution < 1.29 is 14.4 Å². The average molecular weight is 418 g/mol. The second-order valence-corrected chi connectivity index (χ2v) is 8.95. The maximum atomic E-state index is 12.7. The van der Waals surface area contributed by atoms with E-state index in [1.807, 2.05) is 48.0 Å². The lowest BCUT2D eigenvalue weighted by Crippen LogP contribution is -2.39. The molecule has 0 radical (unpaired) electrons. The van der Waals surface area contributed by atoms with Gasteiger partial charge in [0.25, 0.3) is 0 Å². The number of para-hydroxylation sites is 1. The molecule has 8 heteroatoms. The molecular formula is C22H18N4O3S. The van der Waals surface area contributed by atoms with Gasteiger partial charge < -0.3 is 10.3 Å². The van der Waals surface area contributed by atoms with Crippen molar-refractivity contribution in [3.63, 3.8) is 0 Å². The number of hydrogen-bond acceptors (Lipinski definition) is 5. The molecule has 1 saturated carbocycles. The van der Waals surface area contributed by atoms with Crippen molar-refractivity contribution >= 4 is 45.1 Å². The zero-order chi connectivity index (χ0) is 20.4. The average Bonchev–Trinajstić information content (AvgIpc) is 3.54. The van der Waals surface area contributed by atoms with E-state index in [4.69, 9.17) is 0 Å². The molecule has 150 valence electrons. The Balaban J connectivity index is 1.17. The van der Waals surface area contributed by atoms with Crippen LogP contribution >= 0.6 is 11.3 Å². The van der Waals surface area contributed by atoms with Gasteiger partial charge >= 0.3 is 0 Å². The summed E-state index contributed by atoms with van der Waals surface area (Å²) in [5.41, 5.74) is 2.74. The number of likely N-dealkylation sites (tertiary alicyclic amines) is 1. The first kappa shape index (κ1) is 17.6. The molecule has 1 saturated heterocycles. The van der Waals surface area contributed by atoms with Crippen molar-refractivity contribution in [2.45, 2.75) is 6.42 Å². The largest absolute Gasteiger partial charge is 0.360 e. The number of aromatic nitrogens is 2. The SMILES string of the molecule is O=C(CN1C(=O)[C@H]2[C@H](C1=O)[C@H]1C=C[C@H]2C1)Nc1nc(-c2c[nH]c3ccccc23)cs1. The van der Waals surface area contributed by atoms with Gasteiger partial charge in [-0.25, -0.2) is 4.98 Å². The summed E-state index contributed by atoms with van der Waals surface area (Å²) < 4.78 is 0. The van der Waals surface area contributed by atoms with Crippen LogP contribution in [0.1, 0.15) is 6.42 Å². The molecular weight excluding hydrogens is 400 g/mol. The third-order valence-corrected chi connectivity index (χ3v) is 7.24. The minimum absolute atomic E-state index is 0.141. The van der Waals surface area contributed by atoms with Crippen molar-refractivity contribution in [3.8, 4) is 11.3 Å². The molecule has 1 aliphatic heterocycles. The number of imide groups is 1. The molecule has 7 nitrogen and oxygen atoms in total. The number of benzene rings is 1. The summed E-state index contributed by atoms with van der Waals surface area (Å²) in [7, 11) is 0. The second kappa shape index (κ2) is 6.37. The van der Waals surface area contributed by atoms with Crippen LogP contribution in [0, 0.1) is 23.7 Å². The molecule has 3 aliphatic rings. The number of H-pyrrole nitrogens is 1. The van der Waals surface area contributed by atoms with Crippen molar-refractivity contribution in [2.24, 2.45) is 23.7 Å². The Labute approximate surface area is 175 Å². The van der Waals surface area contributed by atoms with E-state index in [0.717, 1.165) is 33.5 Å². The maximum absolute atomic E-state index is 12.7. The summed E-state index contributed by atoms with van der Waals surface area (Å²) in [5.74, 6) is -1.12. The van der Waals surface area contributed by atoms with Gasteiger partial charge in [-0.3, -0.25) is 19.3 Å². The molecule has 2 aliphatic carbocycles. The fourth-order valence-electron chi connectivity index (χ4n) is 5.16. The number of allylic oxidation sites excluding steroid dienone is 2. The number of carbonyl (C=O) groups is 3. The third-order valence-electron chi connectivity index (χ3n) is 6.48. The molecule has 4 atom stereocenters.